The predicted molar refractivity (Wildman–Crippen MR) is 166 cm³/mol. The lowest BCUT2D eigenvalue weighted by atomic mass is 9.81. The second kappa shape index (κ2) is 12.7. The van der Waals surface area contributed by atoms with E-state index in [0.717, 1.165) is 32.1 Å². The van der Waals surface area contributed by atoms with Gasteiger partial charge >= 0.3 is 0 Å². The number of nitrogens with zero attached hydrogens (tertiary/aromatic N) is 4. The lowest BCUT2D eigenvalue weighted by Crippen LogP contribution is -2.35. The van der Waals surface area contributed by atoms with Crippen molar-refractivity contribution >= 4 is 34.2 Å². The molecule has 0 radical (unpaired) electrons. The number of hydrogen-bond acceptors (Lipinski definition) is 6. The molecule has 3 aromatic heterocycles. The number of carbonyl (C=O) groups is 1. The molecule has 6 rings (SSSR count). The molecule has 0 saturated heterocycles. The second-order valence-corrected chi connectivity index (χ2v) is 11.8. The van der Waals surface area contributed by atoms with Gasteiger partial charge in [-0.1, -0.05) is 60.3 Å². The van der Waals surface area contributed by atoms with E-state index in [1.807, 2.05) is 48.5 Å². The third-order valence-electron chi connectivity index (χ3n) is 8.01. The first-order chi connectivity index (χ1) is 20.5. The zero-order valence-electron chi connectivity index (χ0n) is 23.3. The Morgan fingerprint density at radius 2 is 1.67 bits per heavy atom. The van der Waals surface area contributed by atoms with Gasteiger partial charge in [-0.3, -0.25) is 23.4 Å². The maximum atomic E-state index is 13.6. The quantitative estimate of drug-likeness (QED) is 0.198. The van der Waals surface area contributed by atoms with Crippen molar-refractivity contribution in [2.45, 2.75) is 49.6 Å². The zero-order valence-corrected chi connectivity index (χ0v) is 24.1. The minimum absolute atomic E-state index is 0.00968. The molecule has 1 aliphatic rings. The van der Waals surface area contributed by atoms with E-state index in [0.29, 0.717) is 46.2 Å². The second-order valence-electron chi connectivity index (χ2n) is 10.9. The van der Waals surface area contributed by atoms with Crippen LogP contribution in [-0.4, -0.2) is 31.4 Å². The lowest BCUT2D eigenvalue weighted by Gasteiger charge is -2.28. The molecular weight excluding hydrogens is 546 g/mol. The lowest BCUT2D eigenvalue weighted by molar-refractivity contribution is -0.126. The first-order valence-electron chi connectivity index (χ1n) is 14.5. The number of benzene rings is 2. The van der Waals surface area contributed by atoms with Crippen LogP contribution in [0, 0.1) is 11.8 Å². The topological polar surface area (TPSA) is 98.4 Å². The first-order valence-corrected chi connectivity index (χ1v) is 15.4. The summed E-state index contributed by atoms with van der Waals surface area (Å²) in [5.74, 6) is 0.836. The number of amides is 1. The summed E-state index contributed by atoms with van der Waals surface area (Å²) < 4.78 is 3.30. The van der Waals surface area contributed by atoms with Crippen LogP contribution in [0.1, 0.15) is 36.9 Å². The summed E-state index contributed by atoms with van der Waals surface area (Å²) in [5, 5.41) is 4.33. The molecule has 42 heavy (non-hydrogen) atoms. The largest absolute Gasteiger partial charge is 0.356 e. The average Bonchev–Trinajstić information content (AvgIpc) is 3.02. The molecule has 1 fully saturated rings. The summed E-state index contributed by atoms with van der Waals surface area (Å²) in [7, 11) is 0. The van der Waals surface area contributed by atoms with E-state index < -0.39 is 0 Å². The van der Waals surface area contributed by atoms with Gasteiger partial charge in [-0.25, -0.2) is 9.97 Å². The number of aromatic nitrogens is 4. The number of hydrogen-bond donors (Lipinski definition) is 1. The highest BCUT2D eigenvalue weighted by molar-refractivity contribution is 7.98. The van der Waals surface area contributed by atoms with Crippen molar-refractivity contribution in [1.29, 1.82) is 0 Å². The van der Waals surface area contributed by atoms with Crippen molar-refractivity contribution in [3.05, 3.63) is 117 Å². The van der Waals surface area contributed by atoms with Crippen molar-refractivity contribution in [3.8, 4) is 0 Å². The van der Waals surface area contributed by atoms with Crippen LogP contribution in [-0.2, 0) is 23.5 Å². The van der Waals surface area contributed by atoms with Crippen molar-refractivity contribution in [2.75, 3.05) is 6.54 Å². The molecule has 0 aliphatic heterocycles. The van der Waals surface area contributed by atoms with Crippen molar-refractivity contribution in [3.63, 3.8) is 0 Å². The highest BCUT2D eigenvalue weighted by atomic mass is 32.2. The number of para-hydroxylation sites is 1. The summed E-state index contributed by atoms with van der Waals surface area (Å²) in [5.41, 5.74) is 2.91. The summed E-state index contributed by atoms with van der Waals surface area (Å²) >= 11 is 1.42. The minimum atomic E-state index is -0.138. The Labute approximate surface area is 247 Å². The molecule has 0 unspecified atom stereocenters. The number of rotatable bonds is 9. The van der Waals surface area contributed by atoms with Gasteiger partial charge in [0.1, 0.15) is 5.65 Å². The van der Waals surface area contributed by atoms with Crippen LogP contribution >= 0.6 is 11.8 Å². The molecule has 1 saturated carbocycles. The Morgan fingerprint density at radius 1 is 0.905 bits per heavy atom. The maximum absolute atomic E-state index is 13.6. The summed E-state index contributed by atoms with van der Waals surface area (Å²) in [6.45, 7) is 1.19. The SMILES string of the molecule is O=C(NCCc1ccccc1)C1CCC(Cn2c(SCc3cc(=O)n4ccccc4n3)nc3ccccc3c2=O)CC1. The normalized spacial score (nSPS) is 17.0. The highest BCUT2D eigenvalue weighted by Gasteiger charge is 2.27. The molecule has 9 heteroatoms. The van der Waals surface area contributed by atoms with Gasteiger partial charge in [-0.2, -0.15) is 0 Å². The molecule has 0 spiro atoms. The first kappa shape index (κ1) is 27.9. The van der Waals surface area contributed by atoms with E-state index in [1.54, 1.807) is 22.9 Å². The predicted octanol–water partition coefficient (Wildman–Crippen LogP) is 4.86. The Morgan fingerprint density at radius 3 is 2.50 bits per heavy atom. The minimum Gasteiger partial charge on any atom is -0.356 e. The molecule has 5 aromatic rings. The third kappa shape index (κ3) is 6.31. The van der Waals surface area contributed by atoms with Gasteiger partial charge in [0.15, 0.2) is 5.16 Å². The van der Waals surface area contributed by atoms with E-state index in [2.05, 4.69) is 22.4 Å². The molecule has 214 valence electrons. The molecule has 1 N–H and O–H groups in total. The van der Waals surface area contributed by atoms with Gasteiger partial charge in [-0.15, -0.1) is 0 Å². The number of nitrogens with one attached hydrogen (secondary N) is 1. The van der Waals surface area contributed by atoms with Crippen LogP contribution in [0.4, 0.5) is 0 Å². The van der Waals surface area contributed by atoms with E-state index in [9.17, 15) is 14.4 Å². The molecule has 0 bridgehead atoms. The van der Waals surface area contributed by atoms with E-state index >= 15 is 0 Å². The van der Waals surface area contributed by atoms with Gasteiger partial charge in [0.2, 0.25) is 5.91 Å². The smallest absolute Gasteiger partial charge is 0.262 e. The highest BCUT2D eigenvalue weighted by Crippen LogP contribution is 2.31. The molecule has 8 nitrogen and oxygen atoms in total. The molecular formula is C33H33N5O3S. The van der Waals surface area contributed by atoms with Crippen molar-refractivity contribution in [2.24, 2.45) is 11.8 Å². The fourth-order valence-corrected chi connectivity index (χ4v) is 6.62. The Hall–Kier alpha value is -4.24. The van der Waals surface area contributed by atoms with Gasteiger partial charge in [0, 0.05) is 37.0 Å². The van der Waals surface area contributed by atoms with E-state index in [4.69, 9.17) is 4.98 Å². The van der Waals surface area contributed by atoms with E-state index in [-0.39, 0.29) is 28.9 Å². The standard InChI is InChI=1S/C33H33N5O3S/c39-30-20-26(35-29-12-6-7-19-37(29)30)22-42-33-36-28-11-5-4-10-27(28)32(41)38(33)21-24-13-15-25(16-14-24)31(40)34-18-17-23-8-2-1-3-9-23/h1-12,19-20,24-25H,13-18,21-22H2,(H,34,40). The maximum Gasteiger partial charge on any atom is 0.262 e. The van der Waals surface area contributed by atoms with Gasteiger partial charge in [0.05, 0.1) is 16.6 Å². The van der Waals surface area contributed by atoms with Gasteiger partial charge in [0.25, 0.3) is 11.1 Å². The fraction of sp³-hybridized carbons (Fsp3) is 0.303. The molecule has 1 aliphatic carbocycles. The third-order valence-corrected chi connectivity index (χ3v) is 9.02. The van der Waals surface area contributed by atoms with Crippen LogP contribution in [0.25, 0.3) is 16.6 Å². The van der Waals surface area contributed by atoms with Gasteiger partial charge < -0.3 is 5.32 Å². The molecule has 1 amide bonds. The Kier molecular flexibility index (Phi) is 8.46. The zero-order chi connectivity index (χ0) is 28.9. The number of carbonyl (C=O) groups excluding carboxylic acids is 1. The number of fused-ring (bicyclic) bond motifs is 2. The Bertz CT molecular complexity index is 1830. The molecule has 2 aromatic carbocycles. The summed E-state index contributed by atoms with van der Waals surface area (Å²) in [6, 6.07) is 24.6. The van der Waals surface area contributed by atoms with Crippen molar-refractivity contribution < 1.29 is 4.79 Å². The van der Waals surface area contributed by atoms with Crippen LogP contribution in [0.2, 0.25) is 0 Å². The van der Waals surface area contributed by atoms with Gasteiger partial charge in [-0.05, 0) is 67.9 Å². The Balaban J connectivity index is 1.13. The summed E-state index contributed by atoms with van der Waals surface area (Å²) in [4.78, 5) is 48.5. The van der Waals surface area contributed by atoms with Crippen LogP contribution in [0.5, 0.6) is 0 Å². The van der Waals surface area contributed by atoms with Crippen LogP contribution in [0.15, 0.2) is 99.8 Å². The van der Waals surface area contributed by atoms with Crippen LogP contribution in [0.3, 0.4) is 0 Å². The average molecular weight is 580 g/mol. The summed E-state index contributed by atoms with van der Waals surface area (Å²) in [6.07, 6.45) is 5.90. The molecule has 0 atom stereocenters. The van der Waals surface area contributed by atoms with E-state index in [1.165, 1.54) is 27.8 Å². The molecule has 3 heterocycles. The number of pyridine rings is 1. The monoisotopic (exact) mass is 579 g/mol. The van der Waals surface area contributed by atoms with Crippen molar-refractivity contribution in [1.82, 2.24) is 24.3 Å². The van der Waals surface area contributed by atoms with Crippen LogP contribution < -0.4 is 16.4 Å². The number of thioether (sulfide) groups is 1. The fourth-order valence-electron chi connectivity index (χ4n) is 5.72.